The van der Waals surface area contributed by atoms with E-state index < -0.39 is 0 Å². The molecule has 64 heavy (non-hydrogen) atoms. The first-order valence-corrected chi connectivity index (χ1v) is 42.3. The van der Waals surface area contributed by atoms with E-state index in [1.807, 2.05) is 123 Å². The second-order valence-corrected chi connectivity index (χ2v) is 59.6. The van der Waals surface area contributed by atoms with E-state index in [9.17, 15) is 0 Å². The van der Waals surface area contributed by atoms with Crippen LogP contribution in [-0.4, -0.2) is 29.4 Å². The number of hydrogen-bond donors (Lipinski definition) is 0. The third-order valence-electron chi connectivity index (χ3n) is 7.03. The molecule has 0 unspecified atom stereocenters. The van der Waals surface area contributed by atoms with Gasteiger partial charge in [-0.15, -0.1) is 71.2 Å². The number of aromatic nitrogens is 5. The molecule has 0 aliphatic rings. The molecule has 0 amide bonds. The van der Waals surface area contributed by atoms with E-state index >= 15 is 0 Å². The molecule has 8 nitrogen and oxygen atoms in total. The van der Waals surface area contributed by atoms with Gasteiger partial charge in [0.15, 0.2) is 0 Å². The molecule has 3 aromatic heterocycles. The average Bonchev–Trinajstić information content (AvgIpc) is 3.81. The van der Waals surface area contributed by atoms with Crippen LogP contribution >= 0.6 is 122 Å². The summed E-state index contributed by atoms with van der Waals surface area (Å²) >= 11 is 14.4. The van der Waals surface area contributed by atoms with E-state index in [0.717, 1.165) is 56.1 Å². The molecule has 0 fully saturated rings. The summed E-state index contributed by atoms with van der Waals surface area (Å²) in [6, 6.07) is 44.9. The molecule has 0 N–H and O–H groups in total. The van der Waals surface area contributed by atoms with Crippen LogP contribution in [0, 0.1) is 52.2 Å². The summed E-state index contributed by atoms with van der Waals surface area (Å²) in [4.78, 5) is 11.2. The van der Waals surface area contributed by atoms with Crippen molar-refractivity contribution in [3.63, 3.8) is 0 Å². The fraction of sp³-hybridized carbons (Fsp3) is 0.130. The first kappa shape index (κ1) is 68.3. The molecule has 0 aliphatic heterocycles. The van der Waals surface area contributed by atoms with Gasteiger partial charge >= 0.3 is 114 Å². The Bertz CT molecular complexity index is 2310. The third kappa shape index (κ3) is 29.8. The summed E-state index contributed by atoms with van der Waals surface area (Å²) in [6.45, 7) is 16.1. The summed E-state index contributed by atoms with van der Waals surface area (Å²) < 4.78 is 3.00. The fourth-order valence-corrected chi connectivity index (χ4v) is 4.64. The first-order valence-electron chi connectivity index (χ1n) is 18.2. The number of azide groups is 1. The Kier molecular flexibility index (Phi) is 48.5. The molecular formula is C46H45I6Ir2N8V2-4. The number of pyridine rings is 2. The molecule has 7 rings (SSSR count). The van der Waals surface area contributed by atoms with Crippen LogP contribution in [0.5, 0.6) is 0 Å². The Morgan fingerprint density at radius 1 is 0.781 bits per heavy atom. The SMILES string of the molecule is C#Cc1ccccc1.CCI.Cc1cccnc1-c1[c-]ccc(-n2cc(-c3ccccc3)nn2)c1.Cc1cccnc1-c1[c-]ccc(N=[N+]=[N-])c1.[CH2-]C.[CH2-]C.[I][V]([I])[I].[I][V][I].[Ir].[Ir]. The number of rotatable bonds is 5. The monoisotopic (exact) mass is 1960 g/mol. The number of halogens is 6. The molecule has 343 valence electrons. The summed E-state index contributed by atoms with van der Waals surface area (Å²) in [5, 5.41) is 12.1. The molecule has 4 aromatic carbocycles. The molecule has 18 heteroatoms. The van der Waals surface area contributed by atoms with Crippen molar-refractivity contribution in [2.24, 2.45) is 5.11 Å². The van der Waals surface area contributed by atoms with Crippen LogP contribution in [0.4, 0.5) is 5.69 Å². The summed E-state index contributed by atoms with van der Waals surface area (Å²) in [5.74, 6) is 2.53. The zero-order valence-corrected chi connectivity index (χ0v) is 55.9. The second kappa shape index (κ2) is 45.5. The van der Waals surface area contributed by atoms with Crippen LogP contribution in [0.2, 0.25) is 0 Å². The van der Waals surface area contributed by atoms with Crippen molar-refractivity contribution in [2.75, 3.05) is 4.43 Å². The van der Waals surface area contributed by atoms with Crippen molar-refractivity contribution in [3.05, 3.63) is 193 Å². The largest absolute Gasteiger partial charge is 0 e. The summed E-state index contributed by atoms with van der Waals surface area (Å²) in [7, 11) is 0.628. The molecule has 0 saturated heterocycles. The van der Waals surface area contributed by atoms with Gasteiger partial charge in [-0.2, -0.15) is 13.8 Å². The first-order chi connectivity index (χ1) is 30.1. The van der Waals surface area contributed by atoms with E-state index in [-0.39, 0.29) is 45.1 Å². The van der Waals surface area contributed by atoms with Gasteiger partial charge in [-0.1, -0.05) is 118 Å². The predicted octanol–water partition coefficient (Wildman–Crippen LogP) is 17.1. The van der Waals surface area contributed by atoms with Gasteiger partial charge in [0.1, 0.15) is 5.69 Å². The smallest absolute Gasteiger partial charge is 0 e. The maximum atomic E-state index is 8.37. The van der Waals surface area contributed by atoms with E-state index in [0.29, 0.717) is 15.2 Å². The number of benzene rings is 4. The van der Waals surface area contributed by atoms with Crippen molar-refractivity contribution in [3.8, 4) is 51.8 Å². The fourth-order valence-electron chi connectivity index (χ4n) is 4.64. The minimum Gasteiger partial charge on any atom is 0 e. The van der Waals surface area contributed by atoms with Crippen LogP contribution in [0.3, 0.4) is 0 Å². The summed E-state index contributed by atoms with van der Waals surface area (Å²) in [5.41, 5.74) is 18.5. The standard InChI is InChI=1S/C20H15N4.C12H9N4.C8H6.C2H5I.2C2H5.5HI.2Ir.2V/c1-15-7-6-12-21-20(15)17-10-5-11-18(13-17)24-14-19(22-23-24)16-8-3-2-4-9-16;1-9-4-3-7-14-12(9)10-5-2-6-11(8-10)15-16-13;1-2-8-6-4-3-5-7-8;1-2-3;2*1-2;;;;;;;;;/h2-9,11-14H,1H3;2-4,6-8H,1H3;1,3-7H;2H2,1H3;2*1H2,2H3;5*1H;;;;/q2*-1;;;2*-1;;;;;;;;+2;+3/p-5. The Hall–Kier alpha value is 0.0375. The van der Waals surface area contributed by atoms with Gasteiger partial charge in [0.05, 0.1) is 6.20 Å². The minimum atomic E-state index is -0.278. The van der Waals surface area contributed by atoms with E-state index in [4.69, 9.17) is 12.0 Å². The molecule has 0 spiro atoms. The average molecular weight is 1960 g/mol. The van der Waals surface area contributed by atoms with Crippen molar-refractivity contribution in [2.45, 2.75) is 34.6 Å². The molecule has 3 heterocycles. The normalized spacial score (nSPS) is 8.64. The van der Waals surface area contributed by atoms with E-state index in [2.05, 4.69) is 192 Å². The molecule has 0 bridgehead atoms. The van der Waals surface area contributed by atoms with Crippen molar-refractivity contribution < 1.29 is 54.6 Å². The van der Waals surface area contributed by atoms with Crippen molar-refractivity contribution in [1.82, 2.24) is 25.0 Å². The Morgan fingerprint density at radius 3 is 1.67 bits per heavy atom. The van der Waals surface area contributed by atoms with Crippen LogP contribution in [0.1, 0.15) is 37.5 Å². The quantitative estimate of drug-likeness (QED) is 0.0325. The van der Waals surface area contributed by atoms with Crippen molar-refractivity contribution >= 4 is 128 Å². The molecular weight excluding hydrogens is 1910 g/mol. The Labute approximate surface area is 488 Å². The topological polar surface area (TPSA) is 105 Å². The van der Waals surface area contributed by atoms with Gasteiger partial charge in [0, 0.05) is 68.6 Å². The maximum Gasteiger partial charge on any atom is 0 e. The Balaban J connectivity index is -0.000000805. The van der Waals surface area contributed by atoms with Crippen LogP contribution in [0.15, 0.2) is 145 Å². The van der Waals surface area contributed by atoms with Gasteiger partial charge in [-0.05, 0) is 70.8 Å². The number of terminal acetylenes is 1. The van der Waals surface area contributed by atoms with Gasteiger partial charge in [0.2, 0.25) is 0 Å². The van der Waals surface area contributed by atoms with E-state index in [1.54, 1.807) is 49.1 Å². The zero-order valence-electron chi connectivity index (χ0n) is 35.4. The van der Waals surface area contributed by atoms with Crippen LogP contribution in [-0.2, 0) is 54.6 Å². The second-order valence-electron chi connectivity index (χ2n) is 10.9. The number of hydrogen-bond acceptors (Lipinski definition) is 5. The van der Waals surface area contributed by atoms with Crippen LogP contribution < -0.4 is 0 Å². The molecule has 0 atom stereocenters. The van der Waals surface area contributed by atoms with Crippen LogP contribution in [0.25, 0.3) is 49.9 Å². The van der Waals surface area contributed by atoms with Gasteiger partial charge in [-0.25, -0.2) is 4.68 Å². The molecule has 7 aromatic rings. The molecule has 0 aliphatic carbocycles. The zero-order chi connectivity index (χ0) is 46.5. The molecule has 0 saturated carbocycles. The van der Waals surface area contributed by atoms with E-state index in [1.165, 1.54) is 4.43 Å². The third-order valence-corrected chi connectivity index (χ3v) is 7.03. The minimum absolute atomic E-state index is 0. The van der Waals surface area contributed by atoms with Gasteiger partial charge in [-0.3, -0.25) is 0 Å². The molecule has 2 radical (unpaired) electrons. The number of aryl methyl sites for hydroxylation is 2. The number of nitrogens with zero attached hydrogens (tertiary/aromatic N) is 8. The Morgan fingerprint density at radius 2 is 1.23 bits per heavy atom. The van der Waals surface area contributed by atoms with Gasteiger partial charge < -0.3 is 23.8 Å². The maximum absolute atomic E-state index is 8.37. The summed E-state index contributed by atoms with van der Waals surface area (Å²) in [6.07, 6.45) is 10.6. The number of alkyl halides is 1. The van der Waals surface area contributed by atoms with Crippen molar-refractivity contribution in [1.29, 1.82) is 0 Å². The predicted molar refractivity (Wildman–Crippen MR) is 307 cm³/mol. The van der Waals surface area contributed by atoms with Gasteiger partial charge in [0.25, 0.3) is 0 Å².